The normalized spacial score (nSPS) is 14.7. The summed E-state index contributed by atoms with van der Waals surface area (Å²) in [6.07, 6.45) is 2.52. The van der Waals surface area contributed by atoms with Crippen LogP contribution in [0.2, 0.25) is 0 Å². The van der Waals surface area contributed by atoms with Crippen molar-refractivity contribution in [1.29, 1.82) is 0 Å². The molecule has 0 bridgehead atoms. The molecule has 5 nitrogen and oxygen atoms in total. The van der Waals surface area contributed by atoms with Crippen LogP contribution in [-0.2, 0) is 19.4 Å². The van der Waals surface area contributed by atoms with Gasteiger partial charge in [0.2, 0.25) is 0 Å². The molecular weight excluding hydrogens is 254 g/mol. The number of aromatic nitrogens is 2. The molecule has 0 saturated heterocycles. The Morgan fingerprint density at radius 3 is 2.70 bits per heavy atom. The topological polar surface area (TPSA) is 58.4 Å². The molecule has 0 aliphatic carbocycles. The molecular formula is C15H17N3O2. The second-order valence-corrected chi connectivity index (χ2v) is 5.03. The van der Waals surface area contributed by atoms with Crippen LogP contribution >= 0.6 is 0 Å². The second-order valence-electron chi connectivity index (χ2n) is 5.03. The van der Waals surface area contributed by atoms with Gasteiger partial charge in [0.15, 0.2) is 0 Å². The minimum atomic E-state index is -0.835. The predicted octanol–water partition coefficient (Wildman–Crippen LogP) is 2.01. The standard InChI is InChI=1S/C15H17N3O2/c19-15(20)17-8-6-13-10-16-18(14(13)7-9-17)11-12-4-2-1-3-5-12/h1-5,10H,6-9,11H2,(H,19,20). The van der Waals surface area contributed by atoms with Crippen LogP contribution in [0.3, 0.4) is 0 Å². The maximum absolute atomic E-state index is 11.1. The van der Waals surface area contributed by atoms with Gasteiger partial charge in [0, 0.05) is 25.2 Å². The summed E-state index contributed by atoms with van der Waals surface area (Å²) in [7, 11) is 0. The fraction of sp³-hybridized carbons (Fsp3) is 0.333. The van der Waals surface area contributed by atoms with Crippen LogP contribution in [0.25, 0.3) is 0 Å². The number of carboxylic acid groups (broad SMARTS) is 1. The van der Waals surface area contributed by atoms with Gasteiger partial charge in [-0.15, -0.1) is 0 Å². The van der Waals surface area contributed by atoms with E-state index >= 15 is 0 Å². The van der Waals surface area contributed by atoms with Gasteiger partial charge in [-0.1, -0.05) is 30.3 Å². The summed E-state index contributed by atoms with van der Waals surface area (Å²) >= 11 is 0. The van der Waals surface area contributed by atoms with Crippen molar-refractivity contribution in [2.45, 2.75) is 19.4 Å². The molecule has 0 radical (unpaired) electrons. The number of rotatable bonds is 2. The molecule has 0 fully saturated rings. The number of hydrogen-bond donors (Lipinski definition) is 1. The first-order chi connectivity index (χ1) is 9.74. The Labute approximate surface area is 117 Å². The summed E-state index contributed by atoms with van der Waals surface area (Å²) in [6.45, 7) is 1.84. The molecule has 0 atom stereocenters. The highest BCUT2D eigenvalue weighted by molar-refractivity contribution is 5.65. The lowest BCUT2D eigenvalue weighted by atomic mass is 10.1. The summed E-state index contributed by atoms with van der Waals surface area (Å²) < 4.78 is 2.00. The van der Waals surface area contributed by atoms with Gasteiger partial charge >= 0.3 is 6.09 Å². The first kappa shape index (κ1) is 12.7. The number of fused-ring (bicyclic) bond motifs is 1. The minimum absolute atomic E-state index is 0.544. The van der Waals surface area contributed by atoms with E-state index in [2.05, 4.69) is 17.2 Å². The maximum atomic E-state index is 11.1. The predicted molar refractivity (Wildman–Crippen MR) is 74.8 cm³/mol. The molecule has 0 saturated carbocycles. The van der Waals surface area contributed by atoms with E-state index in [0.717, 1.165) is 25.1 Å². The Hall–Kier alpha value is -2.30. The molecule has 104 valence electrons. The van der Waals surface area contributed by atoms with Gasteiger partial charge in [0.05, 0.1) is 12.7 Å². The minimum Gasteiger partial charge on any atom is -0.465 e. The first-order valence-electron chi connectivity index (χ1n) is 6.79. The zero-order chi connectivity index (χ0) is 13.9. The van der Waals surface area contributed by atoms with Crippen molar-refractivity contribution < 1.29 is 9.90 Å². The Morgan fingerprint density at radius 2 is 1.95 bits per heavy atom. The Morgan fingerprint density at radius 1 is 1.20 bits per heavy atom. The van der Waals surface area contributed by atoms with Crippen LogP contribution in [0, 0.1) is 0 Å². The Balaban J connectivity index is 1.80. The largest absolute Gasteiger partial charge is 0.465 e. The molecule has 0 spiro atoms. The maximum Gasteiger partial charge on any atom is 0.407 e. The third-order valence-corrected chi connectivity index (χ3v) is 3.75. The fourth-order valence-electron chi connectivity index (χ4n) is 2.64. The van der Waals surface area contributed by atoms with E-state index in [1.165, 1.54) is 16.0 Å². The monoisotopic (exact) mass is 271 g/mol. The summed E-state index contributed by atoms with van der Waals surface area (Å²) in [5.74, 6) is 0. The van der Waals surface area contributed by atoms with Gasteiger partial charge in [-0.05, 0) is 17.5 Å². The summed E-state index contributed by atoms with van der Waals surface area (Å²) in [5.41, 5.74) is 3.54. The van der Waals surface area contributed by atoms with Crippen molar-refractivity contribution in [3.63, 3.8) is 0 Å². The molecule has 1 aromatic carbocycles. The van der Waals surface area contributed by atoms with E-state index in [1.807, 2.05) is 29.1 Å². The van der Waals surface area contributed by atoms with Gasteiger partial charge in [0.1, 0.15) is 0 Å². The molecule has 3 rings (SSSR count). The van der Waals surface area contributed by atoms with E-state index in [-0.39, 0.29) is 0 Å². The average Bonchev–Trinajstić information content (AvgIpc) is 2.70. The highest BCUT2D eigenvalue weighted by Gasteiger charge is 2.20. The highest BCUT2D eigenvalue weighted by Crippen LogP contribution is 2.17. The molecule has 1 aliphatic heterocycles. The van der Waals surface area contributed by atoms with E-state index < -0.39 is 6.09 Å². The molecule has 0 unspecified atom stereocenters. The Kier molecular flexibility index (Phi) is 3.41. The molecule has 20 heavy (non-hydrogen) atoms. The van der Waals surface area contributed by atoms with Crippen LogP contribution < -0.4 is 0 Å². The van der Waals surface area contributed by atoms with Crippen molar-refractivity contribution in [2.24, 2.45) is 0 Å². The quantitative estimate of drug-likeness (QED) is 0.909. The summed E-state index contributed by atoms with van der Waals surface area (Å²) in [5, 5.41) is 13.5. The molecule has 1 N–H and O–H groups in total. The van der Waals surface area contributed by atoms with E-state index in [9.17, 15) is 4.79 Å². The SMILES string of the molecule is O=C(O)N1CCc2cnn(Cc3ccccc3)c2CC1. The number of amides is 1. The van der Waals surface area contributed by atoms with Crippen LogP contribution in [0.1, 0.15) is 16.8 Å². The number of carbonyl (C=O) groups is 1. The van der Waals surface area contributed by atoms with Gasteiger partial charge in [-0.3, -0.25) is 4.68 Å². The second kappa shape index (κ2) is 5.36. The molecule has 5 heteroatoms. The zero-order valence-electron chi connectivity index (χ0n) is 11.2. The van der Waals surface area contributed by atoms with Crippen LogP contribution in [0.5, 0.6) is 0 Å². The van der Waals surface area contributed by atoms with Crippen molar-refractivity contribution in [3.05, 3.63) is 53.3 Å². The average molecular weight is 271 g/mol. The summed E-state index contributed by atoms with van der Waals surface area (Å²) in [6, 6.07) is 10.2. The van der Waals surface area contributed by atoms with Gasteiger partial charge in [0.25, 0.3) is 0 Å². The van der Waals surface area contributed by atoms with Crippen molar-refractivity contribution >= 4 is 6.09 Å². The molecule has 1 aliphatic rings. The third kappa shape index (κ3) is 2.52. The number of benzene rings is 1. The number of nitrogens with zero attached hydrogens (tertiary/aromatic N) is 3. The summed E-state index contributed by atoms with van der Waals surface area (Å²) in [4.78, 5) is 12.5. The van der Waals surface area contributed by atoms with Crippen LogP contribution in [-0.4, -0.2) is 39.0 Å². The molecule has 1 aromatic heterocycles. The lowest BCUT2D eigenvalue weighted by molar-refractivity contribution is 0.147. The van der Waals surface area contributed by atoms with Gasteiger partial charge < -0.3 is 10.0 Å². The molecule has 2 heterocycles. The van der Waals surface area contributed by atoms with Crippen LogP contribution in [0.15, 0.2) is 36.5 Å². The van der Waals surface area contributed by atoms with E-state index in [1.54, 1.807) is 0 Å². The lowest BCUT2D eigenvalue weighted by Crippen LogP contribution is -2.31. The zero-order valence-corrected chi connectivity index (χ0v) is 11.2. The smallest absolute Gasteiger partial charge is 0.407 e. The molecule has 2 aromatic rings. The third-order valence-electron chi connectivity index (χ3n) is 3.75. The Bertz CT molecular complexity index is 607. The van der Waals surface area contributed by atoms with Gasteiger partial charge in [-0.25, -0.2) is 4.79 Å². The lowest BCUT2D eigenvalue weighted by Gasteiger charge is -2.15. The number of hydrogen-bond acceptors (Lipinski definition) is 2. The van der Waals surface area contributed by atoms with Gasteiger partial charge in [-0.2, -0.15) is 5.10 Å². The van der Waals surface area contributed by atoms with Crippen molar-refractivity contribution in [2.75, 3.05) is 13.1 Å². The van der Waals surface area contributed by atoms with Crippen molar-refractivity contribution in [3.8, 4) is 0 Å². The van der Waals surface area contributed by atoms with E-state index in [0.29, 0.717) is 13.1 Å². The van der Waals surface area contributed by atoms with Crippen molar-refractivity contribution in [1.82, 2.24) is 14.7 Å². The first-order valence-corrected chi connectivity index (χ1v) is 6.79. The van der Waals surface area contributed by atoms with E-state index in [4.69, 9.17) is 5.11 Å². The highest BCUT2D eigenvalue weighted by atomic mass is 16.4. The van der Waals surface area contributed by atoms with Crippen LogP contribution in [0.4, 0.5) is 4.79 Å². The molecule has 1 amide bonds. The fourth-order valence-corrected chi connectivity index (χ4v) is 2.64.